The molecule has 0 bridgehead atoms. The molecule has 2 nitrogen and oxygen atoms in total. The lowest BCUT2D eigenvalue weighted by atomic mass is 9.98. The van der Waals surface area contributed by atoms with Gasteiger partial charge in [0.2, 0.25) is 0 Å². The standard InChI is InChI=1S/C12H13F2NO/c1-16-11-7-9(13)6-10(14)12(11)8-2-4-15-5-3-8/h2,6-7,15H,3-5H2,1H3. The minimum Gasteiger partial charge on any atom is -0.496 e. The van der Waals surface area contributed by atoms with E-state index in [1.807, 2.05) is 6.08 Å². The number of hydrogen-bond donors (Lipinski definition) is 1. The predicted molar refractivity (Wildman–Crippen MR) is 58.4 cm³/mol. The molecule has 0 amide bonds. The van der Waals surface area contributed by atoms with E-state index in [4.69, 9.17) is 4.74 Å². The van der Waals surface area contributed by atoms with Crippen LogP contribution in [0.1, 0.15) is 12.0 Å². The Morgan fingerprint density at radius 1 is 1.31 bits per heavy atom. The van der Waals surface area contributed by atoms with Crippen LogP contribution < -0.4 is 10.1 Å². The van der Waals surface area contributed by atoms with Crippen LogP contribution in [0.15, 0.2) is 18.2 Å². The fraction of sp³-hybridized carbons (Fsp3) is 0.333. The number of benzene rings is 1. The first-order valence-corrected chi connectivity index (χ1v) is 5.15. The van der Waals surface area contributed by atoms with E-state index in [1.165, 1.54) is 13.2 Å². The van der Waals surface area contributed by atoms with Crippen molar-refractivity contribution in [1.29, 1.82) is 0 Å². The second kappa shape index (κ2) is 4.61. The number of rotatable bonds is 2. The second-order valence-electron chi connectivity index (χ2n) is 3.65. The molecule has 4 heteroatoms. The Bertz CT molecular complexity index is 429. The van der Waals surface area contributed by atoms with Crippen LogP contribution in [0.3, 0.4) is 0 Å². The Morgan fingerprint density at radius 3 is 2.75 bits per heavy atom. The molecule has 1 aliphatic rings. The monoisotopic (exact) mass is 225 g/mol. The summed E-state index contributed by atoms with van der Waals surface area (Å²) in [6, 6.07) is 2.10. The first-order valence-electron chi connectivity index (χ1n) is 5.15. The topological polar surface area (TPSA) is 21.3 Å². The van der Waals surface area contributed by atoms with Gasteiger partial charge in [-0.1, -0.05) is 6.08 Å². The quantitative estimate of drug-likeness (QED) is 0.834. The van der Waals surface area contributed by atoms with Crippen LogP contribution >= 0.6 is 0 Å². The molecular formula is C12H13F2NO. The maximum Gasteiger partial charge on any atom is 0.137 e. The molecule has 0 radical (unpaired) electrons. The van der Waals surface area contributed by atoms with Gasteiger partial charge in [0.25, 0.3) is 0 Å². The summed E-state index contributed by atoms with van der Waals surface area (Å²) >= 11 is 0. The first-order chi connectivity index (χ1) is 7.72. The fourth-order valence-corrected chi connectivity index (χ4v) is 1.87. The largest absolute Gasteiger partial charge is 0.496 e. The van der Waals surface area contributed by atoms with E-state index in [0.717, 1.165) is 24.6 Å². The van der Waals surface area contributed by atoms with Crippen molar-refractivity contribution in [2.24, 2.45) is 0 Å². The molecule has 1 N–H and O–H groups in total. The van der Waals surface area contributed by atoms with Crippen molar-refractivity contribution in [3.8, 4) is 5.75 Å². The maximum absolute atomic E-state index is 13.7. The zero-order valence-electron chi connectivity index (χ0n) is 9.02. The van der Waals surface area contributed by atoms with Gasteiger partial charge in [-0.05, 0) is 18.5 Å². The molecule has 1 aliphatic heterocycles. The Balaban J connectivity index is 2.49. The number of halogens is 2. The van der Waals surface area contributed by atoms with Gasteiger partial charge in [-0.2, -0.15) is 0 Å². The smallest absolute Gasteiger partial charge is 0.137 e. The highest BCUT2D eigenvalue weighted by Gasteiger charge is 2.17. The maximum atomic E-state index is 13.7. The Kier molecular flexibility index (Phi) is 3.19. The average molecular weight is 225 g/mol. The van der Waals surface area contributed by atoms with Crippen LogP contribution in [0.25, 0.3) is 5.57 Å². The highest BCUT2D eigenvalue weighted by molar-refractivity contribution is 5.72. The summed E-state index contributed by atoms with van der Waals surface area (Å²) in [7, 11) is 1.42. The Labute approximate surface area is 92.9 Å². The third-order valence-corrected chi connectivity index (χ3v) is 2.62. The minimum absolute atomic E-state index is 0.255. The number of ether oxygens (including phenoxy) is 1. The van der Waals surface area contributed by atoms with Gasteiger partial charge >= 0.3 is 0 Å². The lowest BCUT2D eigenvalue weighted by molar-refractivity contribution is 0.404. The van der Waals surface area contributed by atoms with Gasteiger partial charge in [0.15, 0.2) is 0 Å². The molecule has 0 saturated heterocycles. The zero-order valence-corrected chi connectivity index (χ0v) is 9.02. The average Bonchev–Trinajstić information content (AvgIpc) is 2.29. The van der Waals surface area contributed by atoms with Crippen LogP contribution in [-0.4, -0.2) is 20.2 Å². The predicted octanol–water partition coefficient (Wildman–Crippen LogP) is 2.35. The van der Waals surface area contributed by atoms with E-state index < -0.39 is 11.6 Å². The molecule has 0 aliphatic carbocycles. The first kappa shape index (κ1) is 11.1. The molecule has 2 rings (SSSR count). The summed E-state index contributed by atoms with van der Waals surface area (Å²) < 4.78 is 31.7. The highest BCUT2D eigenvalue weighted by Crippen LogP contribution is 2.32. The molecule has 0 unspecified atom stereocenters. The molecule has 1 aromatic carbocycles. The van der Waals surface area contributed by atoms with E-state index in [2.05, 4.69) is 5.32 Å². The number of methoxy groups -OCH3 is 1. The van der Waals surface area contributed by atoms with E-state index in [-0.39, 0.29) is 5.75 Å². The van der Waals surface area contributed by atoms with E-state index in [0.29, 0.717) is 12.1 Å². The van der Waals surface area contributed by atoms with Gasteiger partial charge in [0.1, 0.15) is 17.4 Å². The van der Waals surface area contributed by atoms with Crippen molar-refractivity contribution >= 4 is 5.57 Å². The second-order valence-corrected chi connectivity index (χ2v) is 3.65. The molecule has 0 fully saturated rings. The highest BCUT2D eigenvalue weighted by atomic mass is 19.1. The Morgan fingerprint density at radius 2 is 2.12 bits per heavy atom. The SMILES string of the molecule is COc1cc(F)cc(F)c1C1=CCNCC1. The molecular weight excluding hydrogens is 212 g/mol. The molecule has 1 heterocycles. The van der Waals surface area contributed by atoms with E-state index >= 15 is 0 Å². The summed E-state index contributed by atoms with van der Waals surface area (Å²) in [6.07, 6.45) is 2.63. The van der Waals surface area contributed by atoms with Crippen molar-refractivity contribution in [2.75, 3.05) is 20.2 Å². The normalized spacial score (nSPS) is 15.8. The summed E-state index contributed by atoms with van der Waals surface area (Å²) in [5.74, 6) is -0.928. The molecule has 1 aromatic rings. The number of nitrogens with one attached hydrogen (secondary N) is 1. The van der Waals surface area contributed by atoms with Crippen molar-refractivity contribution in [1.82, 2.24) is 5.32 Å². The van der Waals surface area contributed by atoms with Crippen molar-refractivity contribution in [3.05, 3.63) is 35.4 Å². The van der Waals surface area contributed by atoms with Crippen LogP contribution in [-0.2, 0) is 0 Å². The van der Waals surface area contributed by atoms with E-state index in [9.17, 15) is 8.78 Å². The van der Waals surface area contributed by atoms with Crippen LogP contribution in [0.5, 0.6) is 5.75 Å². The molecule has 0 aromatic heterocycles. The van der Waals surface area contributed by atoms with Crippen molar-refractivity contribution < 1.29 is 13.5 Å². The van der Waals surface area contributed by atoms with Crippen LogP contribution in [0.2, 0.25) is 0 Å². The molecule has 0 atom stereocenters. The summed E-state index contributed by atoms with van der Waals surface area (Å²) in [5.41, 5.74) is 1.25. The van der Waals surface area contributed by atoms with Gasteiger partial charge in [-0.25, -0.2) is 8.78 Å². The van der Waals surface area contributed by atoms with Gasteiger partial charge in [0, 0.05) is 18.7 Å². The number of hydrogen-bond acceptors (Lipinski definition) is 2. The van der Waals surface area contributed by atoms with E-state index in [1.54, 1.807) is 0 Å². The van der Waals surface area contributed by atoms with Gasteiger partial charge in [-0.15, -0.1) is 0 Å². The third kappa shape index (κ3) is 2.07. The summed E-state index contributed by atoms with van der Waals surface area (Å²) in [4.78, 5) is 0. The molecule has 86 valence electrons. The third-order valence-electron chi connectivity index (χ3n) is 2.62. The molecule has 16 heavy (non-hydrogen) atoms. The van der Waals surface area contributed by atoms with Gasteiger partial charge in [-0.3, -0.25) is 0 Å². The van der Waals surface area contributed by atoms with Gasteiger partial charge < -0.3 is 10.1 Å². The van der Waals surface area contributed by atoms with Gasteiger partial charge in [0.05, 0.1) is 12.7 Å². The Hall–Kier alpha value is -1.42. The lowest BCUT2D eigenvalue weighted by Gasteiger charge is -2.17. The van der Waals surface area contributed by atoms with Crippen molar-refractivity contribution in [2.45, 2.75) is 6.42 Å². The summed E-state index contributed by atoms with van der Waals surface area (Å²) in [6.45, 7) is 1.50. The van der Waals surface area contributed by atoms with Crippen LogP contribution in [0, 0.1) is 11.6 Å². The minimum atomic E-state index is -0.618. The molecule has 0 spiro atoms. The van der Waals surface area contributed by atoms with Crippen LogP contribution in [0.4, 0.5) is 8.78 Å². The lowest BCUT2D eigenvalue weighted by Crippen LogP contribution is -2.20. The zero-order chi connectivity index (χ0) is 11.5. The fourth-order valence-electron chi connectivity index (χ4n) is 1.87. The summed E-state index contributed by atoms with van der Waals surface area (Å²) in [5, 5.41) is 3.14. The van der Waals surface area contributed by atoms with Crippen molar-refractivity contribution in [3.63, 3.8) is 0 Å². The molecule has 0 saturated carbocycles.